The van der Waals surface area contributed by atoms with Gasteiger partial charge in [0.25, 0.3) is 5.56 Å². The Hall–Kier alpha value is -3.41. The maximum Gasteiger partial charge on any atom is 0.323 e. The van der Waals surface area contributed by atoms with Crippen LogP contribution in [0.2, 0.25) is 5.02 Å². The highest BCUT2D eigenvalue weighted by molar-refractivity contribution is 8.01. The van der Waals surface area contributed by atoms with Crippen LogP contribution in [-0.2, 0) is 11.3 Å². The Balaban J connectivity index is 1.87. The number of aromatic nitrogens is 1. The lowest BCUT2D eigenvalue weighted by molar-refractivity contribution is -0.137. The zero-order chi connectivity index (χ0) is 24.7. The van der Waals surface area contributed by atoms with Crippen molar-refractivity contribution in [3.05, 3.63) is 69.5 Å². The van der Waals surface area contributed by atoms with Crippen molar-refractivity contribution in [1.29, 1.82) is 5.26 Å². The molecule has 1 aliphatic carbocycles. The Morgan fingerprint density at radius 1 is 1.11 bits per heavy atom. The third kappa shape index (κ3) is 3.95. The average molecular weight is 507 g/mol. The second-order valence-electron chi connectivity index (χ2n) is 8.84. The van der Waals surface area contributed by atoms with Gasteiger partial charge in [-0.3, -0.25) is 14.2 Å². The molecule has 2 aromatic carbocycles. The monoisotopic (exact) mass is 506 g/mol. The van der Waals surface area contributed by atoms with Gasteiger partial charge in [-0.05, 0) is 54.8 Å². The third-order valence-electron chi connectivity index (χ3n) is 6.63. The van der Waals surface area contributed by atoms with Crippen LogP contribution in [0.25, 0.3) is 11.1 Å². The molecule has 1 aliphatic heterocycles. The zero-order valence-electron chi connectivity index (χ0n) is 18.8. The smallest absolute Gasteiger partial charge is 0.323 e. The highest BCUT2D eigenvalue weighted by Gasteiger charge is 2.49. The summed E-state index contributed by atoms with van der Waals surface area (Å²) in [6, 6.07) is 16.5. The molecule has 3 aromatic rings. The molecule has 7 nitrogen and oxygen atoms in total. The van der Waals surface area contributed by atoms with Crippen LogP contribution in [0.5, 0.6) is 0 Å². The molecule has 9 heteroatoms. The van der Waals surface area contributed by atoms with Crippen molar-refractivity contribution in [3.8, 4) is 17.2 Å². The number of pyridine rings is 1. The number of nitriles is 1. The number of benzene rings is 2. The van der Waals surface area contributed by atoms with Crippen LogP contribution in [0.15, 0.2) is 58.2 Å². The summed E-state index contributed by atoms with van der Waals surface area (Å²) < 4.78 is 1.24. The van der Waals surface area contributed by atoms with Gasteiger partial charge in [-0.15, -0.1) is 0 Å². The van der Waals surface area contributed by atoms with E-state index in [-0.39, 0.29) is 5.56 Å². The van der Waals surface area contributed by atoms with Crippen LogP contribution in [0.3, 0.4) is 0 Å². The number of nitrogen functional groups attached to an aromatic ring is 1. The van der Waals surface area contributed by atoms with Crippen molar-refractivity contribution in [1.82, 2.24) is 4.57 Å². The quantitative estimate of drug-likeness (QED) is 0.442. The minimum atomic E-state index is -1.15. The van der Waals surface area contributed by atoms with Gasteiger partial charge >= 0.3 is 5.97 Å². The molecule has 1 saturated carbocycles. The van der Waals surface area contributed by atoms with Crippen LogP contribution in [0.1, 0.15) is 37.7 Å². The lowest BCUT2D eigenvalue weighted by Crippen LogP contribution is -2.43. The van der Waals surface area contributed by atoms with Crippen molar-refractivity contribution in [2.24, 2.45) is 0 Å². The van der Waals surface area contributed by atoms with E-state index in [4.69, 9.17) is 17.3 Å². The second kappa shape index (κ2) is 8.99. The SMILES string of the molecule is N#Cc1c(-c2ccc(Cl)cc2)c2c(n(CC(=O)O)c1=O)N(c1ccc(N)cc1)C1(CCCCC1)S2. The van der Waals surface area contributed by atoms with Crippen molar-refractivity contribution in [2.75, 3.05) is 10.6 Å². The Morgan fingerprint density at radius 2 is 1.77 bits per heavy atom. The van der Waals surface area contributed by atoms with Gasteiger partial charge in [0, 0.05) is 22.0 Å². The lowest BCUT2D eigenvalue weighted by atomic mass is 9.92. The summed E-state index contributed by atoms with van der Waals surface area (Å²) in [5, 5.41) is 20.3. The molecule has 3 N–H and O–H groups in total. The van der Waals surface area contributed by atoms with E-state index in [1.165, 1.54) is 4.57 Å². The van der Waals surface area contributed by atoms with Crippen LogP contribution < -0.4 is 16.2 Å². The van der Waals surface area contributed by atoms with Crippen molar-refractivity contribution in [2.45, 2.75) is 48.4 Å². The number of fused-ring (bicyclic) bond motifs is 1. The van der Waals surface area contributed by atoms with Crippen LogP contribution >= 0.6 is 23.4 Å². The van der Waals surface area contributed by atoms with E-state index in [2.05, 4.69) is 11.0 Å². The van der Waals surface area contributed by atoms with Crippen LogP contribution in [0, 0.1) is 11.3 Å². The summed E-state index contributed by atoms with van der Waals surface area (Å²) in [4.78, 5) is 28.0. The topological polar surface area (TPSA) is 112 Å². The molecule has 0 bridgehead atoms. The Labute approximate surface area is 211 Å². The number of halogens is 1. The maximum absolute atomic E-state index is 13.7. The summed E-state index contributed by atoms with van der Waals surface area (Å²) in [5.41, 5.74) is 7.94. The van der Waals surface area contributed by atoms with Gasteiger partial charge in [-0.1, -0.05) is 54.8 Å². The van der Waals surface area contributed by atoms with Crippen molar-refractivity contribution < 1.29 is 9.90 Å². The van der Waals surface area contributed by atoms with E-state index in [0.717, 1.165) is 42.7 Å². The van der Waals surface area contributed by atoms with Gasteiger partial charge < -0.3 is 15.7 Å². The number of anilines is 3. The van der Waals surface area contributed by atoms with E-state index in [0.29, 0.717) is 27.7 Å². The summed E-state index contributed by atoms with van der Waals surface area (Å²) in [6.07, 6.45) is 4.86. The fourth-order valence-corrected chi connectivity index (χ4v) is 7.02. The van der Waals surface area contributed by atoms with E-state index >= 15 is 0 Å². The zero-order valence-corrected chi connectivity index (χ0v) is 20.4. The minimum absolute atomic E-state index is 0.0649. The minimum Gasteiger partial charge on any atom is -0.480 e. The number of carbonyl (C=O) groups is 1. The van der Waals surface area contributed by atoms with Gasteiger partial charge in [0.15, 0.2) is 0 Å². The number of hydrogen-bond acceptors (Lipinski definition) is 6. The Kier molecular flexibility index (Phi) is 5.99. The first-order valence-corrected chi connectivity index (χ1v) is 12.6. The molecular weight excluding hydrogens is 484 g/mol. The predicted molar refractivity (Wildman–Crippen MR) is 138 cm³/mol. The van der Waals surface area contributed by atoms with Crippen LogP contribution in [-0.4, -0.2) is 20.5 Å². The molecule has 2 aliphatic rings. The molecule has 2 heterocycles. The van der Waals surface area contributed by atoms with Crippen molar-refractivity contribution >= 4 is 46.5 Å². The number of rotatable bonds is 4. The molecule has 5 rings (SSSR count). The predicted octanol–water partition coefficient (Wildman–Crippen LogP) is 5.61. The molecule has 178 valence electrons. The molecular formula is C26H23ClN4O3S. The van der Waals surface area contributed by atoms with Crippen molar-refractivity contribution in [3.63, 3.8) is 0 Å². The molecule has 0 radical (unpaired) electrons. The van der Waals surface area contributed by atoms with E-state index in [1.54, 1.807) is 48.2 Å². The van der Waals surface area contributed by atoms with Gasteiger partial charge in [0.2, 0.25) is 0 Å². The number of aliphatic carboxylic acids is 1. The Bertz CT molecular complexity index is 1400. The summed E-state index contributed by atoms with van der Waals surface area (Å²) in [6.45, 7) is -0.543. The average Bonchev–Trinajstić information content (AvgIpc) is 3.15. The van der Waals surface area contributed by atoms with E-state index in [9.17, 15) is 20.0 Å². The third-order valence-corrected chi connectivity index (χ3v) is 8.44. The Morgan fingerprint density at radius 3 is 2.37 bits per heavy atom. The number of thioether (sulfide) groups is 1. The lowest BCUT2D eigenvalue weighted by Gasteiger charge is -2.42. The highest BCUT2D eigenvalue weighted by atomic mass is 35.5. The molecule has 1 spiro atoms. The fraction of sp³-hybridized carbons (Fsp3) is 0.269. The van der Waals surface area contributed by atoms with Gasteiger partial charge in [0.1, 0.15) is 24.0 Å². The van der Waals surface area contributed by atoms with Gasteiger partial charge in [-0.25, -0.2) is 0 Å². The molecule has 1 aromatic heterocycles. The number of hydrogen-bond donors (Lipinski definition) is 2. The first-order chi connectivity index (χ1) is 16.8. The molecule has 0 saturated heterocycles. The number of carboxylic acids is 1. The molecule has 0 atom stereocenters. The van der Waals surface area contributed by atoms with E-state index < -0.39 is 22.9 Å². The molecule has 1 fully saturated rings. The number of nitrogens with zero attached hydrogens (tertiary/aromatic N) is 3. The largest absolute Gasteiger partial charge is 0.480 e. The maximum atomic E-state index is 13.7. The summed E-state index contributed by atoms with van der Waals surface area (Å²) in [7, 11) is 0. The highest BCUT2D eigenvalue weighted by Crippen LogP contribution is 2.61. The number of nitrogens with two attached hydrogens (primary N) is 1. The standard InChI is InChI=1S/C26H23ClN4O3S/c27-17-6-4-16(5-7-17)22-20(14-28)25(34)30(15-21(32)33)24-23(22)35-26(12-2-1-3-13-26)31(24)19-10-8-18(29)9-11-19/h4-11H,1-3,12-13,15,29H2,(H,32,33). The molecule has 35 heavy (non-hydrogen) atoms. The van der Waals surface area contributed by atoms with Gasteiger partial charge in [0.05, 0.1) is 9.77 Å². The molecule has 0 unspecified atom stereocenters. The number of carboxylic acid groups (broad SMARTS) is 1. The first kappa shape index (κ1) is 23.3. The normalized spacial score (nSPS) is 16.2. The molecule has 0 amide bonds. The van der Waals surface area contributed by atoms with Crippen LogP contribution in [0.4, 0.5) is 17.2 Å². The summed E-state index contributed by atoms with van der Waals surface area (Å²) in [5.74, 6) is -0.637. The van der Waals surface area contributed by atoms with Gasteiger partial charge in [-0.2, -0.15) is 5.26 Å². The summed E-state index contributed by atoms with van der Waals surface area (Å²) >= 11 is 7.75. The fourth-order valence-electron chi connectivity index (χ4n) is 5.12. The second-order valence-corrected chi connectivity index (χ2v) is 10.7. The van der Waals surface area contributed by atoms with E-state index in [1.807, 2.05) is 12.1 Å². The first-order valence-electron chi connectivity index (χ1n) is 11.4.